The summed E-state index contributed by atoms with van der Waals surface area (Å²) in [6.07, 6.45) is 1.81. The first kappa shape index (κ1) is 14.2. The molecule has 19 heavy (non-hydrogen) atoms. The van der Waals surface area contributed by atoms with Crippen LogP contribution in [0.1, 0.15) is 42.8 Å². The SMILES string of the molecule is Cc1cccc(C(NN)c2c(Br)cnn2C(C)C)c1. The van der Waals surface area contributed by atoms with E-state index in [-0.39, 0.29) is 12.1 Å². The van der Waals surface area contributed by atoms with Gasteiger partial charge in [-0.05, 0) is 42.3 Å². The summed E-state index contributed by atoms with van der Waals surface area (Å²) in [6.45, 7) is 6.28. The number of nitrogens with zero attached hydrogens (tertiary/aromatic N) is 2. The molecule has 1 aromatic carbocycles. The maximum atomic E-state index is 5.77. The lowest BCUT2D eigenvalue weighted by Gasteiger charge is -2.21. The second-order valence-electron chi connectivity index (χ2n) is 4.93. The topological polar surface area (TPSA) is 55.9 Å². The first-order chi connectivity index (χ1) is 9.04. The molecule has 2 aromatic rings. The zero-order chi connectivity index (χ0) is 14.0. The summed E-state index contributed by atoms with van der Waals surface area (Å²) in [5.41, 5.74) is 6.28. The highest BCUT2D eigenvalue weighted by atomic mass is 79.9. The highest BCUT2D eigenvalue weighted by Crippen LogP contribution is 2.30. The van der Waals surface area contributed by atoms with E-state index in [1.54, 1.807) is 0 Å². The van der Waals surface area contributed by atoms with Gasteiger partial charge in [-0.2, -0.15) is 5.10 Å². The summed E-state index contributed by atoms with van der Waals surface area (Å²) < 4.78 is 2.95. The van der Waals surface area contributed by atoms with Crippen LogP contribution in [-0.4, -0.2) is 9.78 Å². The highest BCUT2D eigenvalue weighted by molar-refractivity contribution is 9.10. The zero-order valence-corrected chi connectivity index (χ0v) is 13.0. The minimum absolute atomic E-state index is 0.0841. The first-order valence-corrected chi connectivity index (χ1v) is 7.09. The molecule has 0 radical (unpaired) electrons. The fourth-order valence-electron chi connectivity index (χ4n) is 2.22. The van der Waals surface area contributed by atoms with E-state index in [1.165, 1.54) is 5.56 Å². The van der Waals surface area contributed by atoms with Crippen LogP contribution in [0.25, 0.3) is 0 Å². The fourth-order valence-corrected chi connectivity index (χ4v) is 2.72. The van der Waals surface area contributed by atoms with Crippen LogP contribution in [0.5, 0.6) is 0 Å². The largest absolute Gasteiger partial charge is 0.271 e. The molecule has 0 aliphatic heterocycles. The van der Waals surface area contributed by atoms with E-state index < -0.39 is 0 Å². The Morgan fingerprint density at radius 3 is 2.68 bits per heavy atom. The number of aromatic nitrogens is 2. The van der Waals surface area contributed by atoms with Crippen molar-refractivity contribution in [3.63, 3.8) is 0 Å². The third kappa shape index (κ3) is 2.88. The molecule has 5 heteroatoms. The van der Waals surface area contributed by atoms with Gasteiger partial charge >= 0.3 is 0 Å². The van der Waals surface area contributed by atoms with Gasteiger partial charge < -0.3 is 0 Å². The van der Waals surface area contributed by atoms with Crippen LogP contribution < -0.4 is 11.3 Å². The fraction of sp³-hybridized carbons (Fsp3) is 0.357. The van der Waals surface area contributed by atoms with Gasteiger partial charge in [0, 0.05) is 6.04 Å². The summed E-state index contributed by atoms with van der Waals surface area (Å²) in [4.78, 5) is 0. The average molecular weight is 323 g/mol. The van der Waals surface area contributed by atoms with E-state index in [2.05, 4.69) is 65.4 Å². The molecule has 2 rings (SSSR count). The van der Waals surface area contributed by atoms with Crippen LogP contribution in [-0.2, 0) is 0 Å². The van der Waals surface area contributed by atoms with Gasteiger partial charge in [-0.1, -0.05) is 29.8 Å². The van der Waals surface area contributed by atoms with E-state index in [9.17, 15) is 0 Å². The second-order valence-corrected chi connectivity index (χ2v) is 5.78. The molecule has 3 N–H and O–H groups in total. The number of nitrogens with one attached hydrogen (secondary N) is 1. The third-order valence-electron chi connectivity index (χ3n) is 3.09. The molecule has 0 aliphatic carbocycles. The van der Waals surface area contributed by atoms with Crippen LogP contribution in [0.3, 0.4) is 0 Å². The molecule has 0 saturated heterocycles. The zero-order valence-electron chi connectivity index (χ0n) is 11.4. The molecule has 102 valence electrons. The third-order valence-corrected chi connectivity index (χ3v) is 3.70. The van der Waals surface area contributed by atoms with Gasteiger partial charge in [0.2, 0.25) is 0 Å². The van der Waals surface area contributed by atoms with E-state index >= 15 is 0 Å². The number of hydrogen-bond donors (Lipinski definition) is 2. The Morgan fingerprint density at radius 1 is 1.37 bits per heavy atom. The molecular weight excluding hydrogens is 304 g/mol. The Labute approximate surface area is 122 Å². The van der Waals surface area contributed by atoms with E-state index in [0.29, 0.717) is 0 Å². The maximum Gasteiger partial charge on any atom is 0.0890 e. The molecule has 1 aromatic heterocycles. The summed E-state index contributed by atoms with van der Waals surface area (Å²) >= 11 is 3.56. The van der Waals surface area contributed by atoms with Crippen molar-refractivity contribution in [2.45, 2.75) is 32.9 Å². The predicted molar refractivity (Wildman–Crippen MR) is 80.7 cm³/mol. The summed E-state index contributed by atoms with van der Waals surface area (Å²) in [5.74, 6) is 5.77. The number of rotatable bonds is 4. The van der Waals surface area contributed by atoms with Crippen molar-refractivity contribution in [2.75, 3.05) is 0 Å². The van der Waals surface area contributed by atoms with Crippen molar-refractivity contribution in [3.05, 3.63) is 51.8 Å². The van der Waals surface area contributed by atoms with Crippen molar-refractivity contribution >= 4 is 15.9 Å². The minimum Gasteiger partial charge on any atom is -0.271 e. The van der Waals surface area contributed by atoms with Crippen molar-refractivity contribution < 1.29 is 0 Å². The Kier molecular flexibility index (Phi) is 4.39. The van der Waals surface area contributed by atoms with Crippen molar-refractivity contribution in [2.24, 2.45) is 5.84 Å². The number of benzene rings is 1. The van der Waals surface area contributed by atoms with E-state index in [1.807, 2.05) is 16.9 Å². The van der Waals surface area contributed by atoms with E-state index in [4.69, 9.17) is 5.84 Å². The van der Waals surface area contributed by atoms with Crippen LogP contribution in [0, 0.1) is 6.92 Å². The van der Waals surface area contributed by atoms with Crippen molar-refractivity contribution in [1.82, 2.24) is 15.2 Å². The quantitative estimate of drug-likeness (QED) is 0.671. The molecule has 0 saturated carbocycles. The van der Waals surface area contributed by atoms with Gasteiger partial charge in [0.05, 0.1) is 22.4 Å². The smallest absolute Gasteiger partial charge is 0.0890 e. The van der Waals surface area contributed by atoms with Crippen LogP contribution in [0.15, 0.2) is 34.9 Å². The van der Waals surface area contributed by atoms with E-state index in [0.717, 1.165) is 15.7 Å². The minimum atomic E-state index is -0.0841. The summed E-state index contributed by atoms with van der Waals surface area (Å²) in [5, 5.41) is 4.41. The molecule has 0 bridgehead atoms. The Bertz CT molecular complexity index is 562. The maximum absolute atomic E-state index is 5.77. The number of aryl methyl sites for hydroxylation is 1. The Balaban J connectivity index is 2.51. The highest BCUT2D eigenvalue weighted by Gasteiger charge is 2.22. The van der Waals surface area contributed by atoms with Gasteiger partial charge in [0.1, 0.15) is 0 Å². The number of halogens is 1. The molecule has 0 aliphatic rings. The molecule has 4 nitrogen and oxygen atoms in total. The Morgan fingerprint density at radius 2 is 2.11 bits per heavy atom. The first-order valence-electron chi connectivity index (χ1n) is 6.30. The molecule has 0 amide bonds. The standard InChI is InChI=1S/C14H19BrN4/c1-9(2)19-14(12(15)8-17-19)13(18-16)11-6-4-5-10(3)7-11/h4-9,13,18H,16H2,1-3H3. The molecule has 1 atom stereocenters. The molecule has 0 fully saturated rings. The molecule has 0 spiro atoms. The number of hydrazine groups is 1. The predicted octanol–water partition coefficient (Wildman–Crippen LogP) is 3.09. The molecule has 1 unspecified atom stereocenters. The monoisotopic (exact) mass is 322 g/mol. The molecule has 1 heterocycles. The van der Waals surface area contributed by atoms with Gasteiger partial charge in [0.25, 0.3) is 0 Å². The van der Waals surface area contributed by atoms with Gasteiger partial charge in [0.15, 0.2) is 0 Å². The lowest BCUT2D eigenvalue weighted by Crippen LogP contribution is -2.31. The average Bonchev–Trinajstić information content (AvgIpc) is 2.73. The van der Waals surface area contributed by atoms with Gasteiger partial charge in [-0.25, -0.2) is 5.43 Å². The van der Waals surface area contributed by atoms with Gasteiger partial charge in [-0.3, -0.25) is 10.5 Å². The number of hydrogen-bond acceptors (Lipinski definition) is 3. The Hall–Kier alpha value is -1.17. The van der Waals surface area contributed by atoms with Crippen LogP contribution in [0.4, 0.5) is 0 Å². The second kappa shape index (κ2) is 5.86. The lowest BCUT2D eigenvalue weighted by atomic mass is 10.0. The van der Waals surface area contributed by atoms with Gasteiger partial charge in [-0.15, -0.1) is 0 Å². The number of nitrogens with two attached hydrogens (primary N) is 1. The van der Waals surface area contributed by atoms with Crippen LogP contribution in [0.2, 0.25) is 0 Å². The summed E-state index contributed by atoms with van der Waals surface area (Å²) in [7, 11) is 0. The summed E-state index contributed by atoms with van der Waals surface area (Å²) in [6, 6.07) is 8.52. The van der Waals surface area contributed by atoms with Crippen LogP contribution >= 0.6 is 15.9 Å². The van der Waals surface area contributed by atoms with Crippen molar-refractivity contribution in [1.29, 1.82) is 0 Å². The lowest BCUT2D eigenvalue weighted by molar-refractivity contribution is 0.475. The molecular formula is C14H19BrN4. The van der Waals surface area contributed by atoms with Crippen molar-refractivity contribution in [3.8, 4) is 0 Å². The normalized spacial score (nSPS) is 12.9.